The first kappa shape index (κ1) is 20.0. The fourth-order valence-corrected chi connectivity index (χ4v) is 2.84. The first-order valence-corrected chi connectivity index (χ1v) is 8.08. The Kier molecular flexibility index (Phi) is 6.78. The average Bonchev–Trinajstić information content (AvgIpc) is 2.42. The van der Waals surface area contributed by atoms with Crippen molar-refractivity contribution in [2.45, 2.75) is 53.5 Å². The second kappa shape index (κ2) is 8.15. The molecule has 6 heteroatoms. The Morgan fingerprint density at radius 1 is 1.17 bits per heavy atom. The van der Waals surface area contributed by atoms with Crippen LogP contribution in [0.5, 0.6) is 0 Å². The minimum Gasteiger partial charge on any atom is -0.464 e. The van der Waals surface area contributed by atoms with Crippen molar-refractivity contribution in [1.82, 2.24) is 10.4 Å². The van der Waals surface area contributed by atoms with E-state index in [9.17, 15) is 14.7 Å². The van der Waals surface area contributed by atoms with E-state index in [1.54, 1.807) is 12.1 Å². The molecule has 1 rings (SSSR count). The first-order chi connectivity index (χ1) is 11.1. The van der Waals surface area contributed by atoms with Gasteiger partial charge in [-0.25, -0.2) is 15.2 Å². The number of nitrogens with one attached hydrogen (secondary N) is 1. The van der Waals surface area contributed by atoms with Gasteiger partial charge in [-0.3, -0.25) is 4.79 Å². The molecule has 24 heavy (non-hydrogen) atoms. The summed E-state index contributed by atoms with van der Waals surface area (Å²) in [6, 6.07) is 5.07. The second-order valence-electron chi connectivity index (χ2n) is 7.22. The number of hydrogen-bond donors (Lipinski definition) is 3. The maximum Gasteiger partial charge on any atom is 0.423 e. The number of aliphatic hydroxyl groups is 1. The van der Waals surface area contributed by atoms with Crippen LogP contribution >= 0.6 is 0 Å². The summed E-state index contributed by atoms with van der Waals surface area (Å²) < 4.78 is 0. The monoisotopic (exact) mass is 336 g/mol. The van der Waals surface area contributed by atoms with Crippen molar-refractivity contribution in [3.63, 3.8) is 0 Å². The summed E-state index contributed by atoms with van der Waals surface area (Å²) in [7, 11) is 0. The highest BCUT2D eigenvalue weighted by Gasteiger charge is 2.35. The minimum atomic E-state index is -1.29. The highest BCUT2D eigenvalue weighted by atomic mass is 16.4. The largest absolute Gasteiger partial charge is 0.464 e. The molecule has 0 heterocycles. The zero-order valence-electron chi connectivity index (χ0n) is 15.1. The molecule has 0 spiro atoms. The van der Waals surface area contributed by atoms with E-state index in [0.29, 0.717) is 18.4 Å². The van der Waals surface area contributed by atoms with Gasteiger partial charge in [0.15, 0.2) is 0 Å². The predicted molar refractivity (Wildman–Crippen MR) is 92.8 cm³/mol. The third-order valence-corrected chi connectivity index (χ3v) is 3.85. The molecule has 0 aromatic heterocycles. The van der Waals surface area contributed by atoms with Crippen LogP contribution in [0.2, 0.25) is 0 Å². The SMILES string of the molecule is Cc1cc(C)cc(C(=O)N(NC(=O)O)[C@@H](CCCO)C(C)(C)C)c1. The van der Waals surface area contributed by atoms with Crippen molar-refractivity contribution in [3.05, 3.63) is 34.9 Å². The Balaban J connectivity index is 3.26. The Hall–Kier alpha value is -2.08. The van der Waals surface area contributed by atoms with Crippen molar-refractivity contribution in [3.8, 4) is 0 Å². The minimum absolute atomic E-state index is 0.00870. The summed E-state index contributed by atoms with van der Waals surface area (Å²) in [5.41, 5.74) is 4.22. The summed E-state index contributed by atoms with van der Waals surface area (Å²) in [4.78, 5) is 24.2. The van der Waals surface area contributed by atoms with E-state index in [-0.39, 0.29) is 24.0 Å². The van der Waals surface area contributed by atoms with Crippen molar-refractivity contribution < 1.29 is 19.8 Å². The van der Waals surface area contributed by atoms with Gasteiger partial charge in [0, 0.05) is 12.2 Å². The number of carboxylic acid groups (broad SMARTS) is 1. The highest BCUT2D eigenvalue weighted by molar-refractivity contribution is 5.95. The average molecular weight is 336 g/mol. The molecule has 0 fully saturated rings. The van der Waals surface area contributed by atoms with Gasteiger partial charge >= 0.3 is 6.09 Å². The van der Waals surface area contributed by atoms with Crippen LogP contribution in [0.4, 0.5) is 4.79 Å². The van der Waals surface area contributed by atoms with E-state index >= 15 is 0 Å². The Morgan fingerprint density at radius 3 is 2.12 bits per heavy atom. The molecule has 0 unspecified atom stereocenters. The van der Waals surface area contributed by atoms with Crippen LogP contribution < -0.4 is 5.43 Å². The Morgan fingerprint density at radius 2 is 1.71 bits per heavy atom. The molecule has 134 valence electrons. The molecule has 0 radical (unpaired) electrons. The lowest BCUT2D eigenvalue weighted by Crippen LogP contribution is -2.56. The lowest BCUT2D eigenvalue weighted by atomic mass is 9.83. The van der Waals surface area contributed by atoms with Crippen LogP contribution in [0, 0.1) is 19.3 Å². The van der Waals surface area contributed by atoms with Crippen LogP contribution in [-0.2, 0) is 0 Å². The molecule has 0 aliphatic carbocycles. The van der Waals surface area contributed by atoms with E-state index in [4.69, 9.17) is 5.11 Å². The number of rotatable bonds is 5. The molecular weight excluding hydrogens is 308 g/mol. The predicted octanol–water partition coefficient (Wildman–Crippen LogP) is 3.12. The standard InChI is InChI=1S/C18H28N2O4/c1-12-9-13(2)11-14(10-12)16(22)20(19-17(23)24)15(7-6-8-21)18(3,4)5/h9-11,15,19,21H,6-8H2,1-5H3,(H,23,24)/t15-/m0/s1. The fraction of sp³-hybridized carbons (Fsp3) is 0.556. The number of aryl methyl sites for hydroxylation is 2. The molecule has 3 N–H and O–H groups in total. The van der Waals surface area contributed by atoms with Gasteiger partial charge in [0.2, 0.25) is 0 Å². The number of carbonyl (C=O) groups is 2. The normalized spacial score (nSPS) is 12.6. The van der Waals surface area contributed by atoms with E-state index in [2.05, 4.69) is 5.43 Å². The molecule has 0 bridgehead atoms. The zero-order chi connectivity index (χ0) is 18.5. The summed E-state index contributed by atoms with van der Waals surface area (Å²) in [5, 5.41) is 19.5. The maximum absolute atomic E-state index is 13.0. The topological polar surface area (TPSA) is 89.9 Å². The lowest BCUT2D eigenvalue weighted by Gasteiger charge is -2.39. The third kappa shape index (κ3) is 5.53. The van der Waals surface area contributed by atoms with E-state index in [1.807, 2.05) is 40.7 Å². The molecule has 2 amide bonds. The van der Waals surface area contributed by atoms with Crippen LogP contribution in [0.1, 0.15) is 55.1 Å². The number of aliphatic hydroxyl groups excluding tert-OH is 1. The van der Waals surface area contributed by atoms with Gasteiger partial charge in [-0.05, 0) is 44.2 Å². The van der Waals surface area contributed by atoms with Gasteiger partial charge in [-0.2, -0.15) is 0 Å². The van der Waals surface area contributed by atoms with Gasteiger partial charge in [-0.1, -0.05) is 38.0 Å². The van der Waals surface area contributed by atoms with Crippen LogP contribution in [-0.4, -0.2) is 39.9 Å². The summed E-state index contributed by atoms with van der Waals surface area (Å²) in [6.07, 6.45) is -0.303. The molecule has 0 saturated heterocycles. The van der Waals surface area contributed by atoms with E-state index in [0.717, 1.165) is 11.1 Å². The zero-order valence-corrected chi connectivity index (χ0v) is 15.1. The third-order valence-electron chi connectivity index (χ3n) is 3.85. The van der Waals surface area contributed by atoms with Gasteiger partial charge in [0.05, 0.1) is 6.04 Å². The molecule has 1 atom stereocenters. The summed E-state index contributed by atoms with van der Waals surface area (Å²) in [6.45, 7) is 9.61. The van der Waals surface area contributed by atoms with Crippen molar-refractivity contribution >= 4 is 12.0 Å². The number of carbonyl (C=O) groups excluding carboxylic acids is 1. The molecule has 6 nitrogen and oxygen atoms in total. The molecule has 0 saturated carbocycles. The number of hydrogen-bond acceptors (Lipinski definition) is 3. The number of benzene rings is 1. The maximum atomic E-state index is 13.0. The summed E-state index contributed by atoms with van der Waals surface area (Å²) in [5.74, 6) is -0.387. The van der Waals surface area contributed by atoms with Crippen LogP contribution in [0.15, 0.2) is 18.2 Å². The second-order valence-corrected chi connectivity index (χ2v) is 7.22. The van der Waals surface area contributed by atoms with E-state index < -0.39 is 6.09 Å². The van der Waals surface area contributed by atoms with Gasteiger partial charge in [0.1, 0.15) is 0 Å². The molecule has 1 aromatic carbocycles. The Bertz CT molecular complexity index is 573. The molecule has 1 aromatic rings. The van der Waals surface area contributed by atoms with Gasteiger partial charge in [0.25, 0.3) is 5.91 Å². The van der Waals surface area contributed by atoms with E-state index in [1.165, 1.54) is 5.01 Å². The summed E-state index contributed by atoms with van der Waals surface area (Å²) >= 11 is 0. The highest BCUT2D eigenvalue weighted by Crippen LogP contribution is 2.28. The quantitative estimate of drug-likeness (QED) is 0.721. The smallest absolute Gasteiger partial charge is 0.423 e. The molecule has 0 aliphatic heterocycles. The molecular formula is C18H28N2O4. The van der Waals surface area contributed by atoms with Crippen molar-refractivity contribution in [1.29, 1.82) is 0 Å². The van der Waals surface area contributed by atoms with Gasteiger partial charge in [-0.15, -0.1) is 0 Å². The van der Waals surface area contributed by atoms with Crippen molar-refractivity contribution in [2.24, 2.45) is 5.41 Å². The fourth-order valence-electron chi connectivity index (χ4n) is 2.84. The number of nitrogens with zero attached hydrogens (tertiary/aromatic N) is 1. The van der Waals surface area contributed by atoms with Gasteiger partial charge < -0.3 is 10.2 Å². The first-order valence-electron chi connectivity index (χ1n) is 8.08. The van der Waals surface area contributed by atoms with Crippen molar-refractivity contribution in [2.75, 3.05) is 6.61 Å². The van der Waals surface area contributed by atoms with Crippen LogP contribution in [0.3, 0.4) is 0 Å². The lowest BCUT2D eigenvalue weighted by molar-refractivity contribution is 0.0285. The molecule has 0 aliphatic rings. The van der Waals surface area contributed by atoms with Crippen LogP contribution in [0.25, 0.3) is 0 Å². The number of hydrazine groups is 1. The Labute approximate surface area is 143 Å². The number of amides is 2.